The van der Waals surface area contributed by atoms with Crippen LogP contribution in [0.1, 0.15) is 63.3 Å². The molecule has 0 amide bonds. The third-order valence-electron chi connectivity index (χ3n) is 0.167. The van der Waals surface area contributed by atoms with Gasteiger partial charge < -0.3 is 27.4 Å². The summed E-state index contributed by atoms with van der Waals surface area (Å²) in [5.74, 6) is -0.833. The molecule has 0 bridgehead atoms. The van der Waals surface area contributed by atoms with E-state index in [2.05, 4.69) is 5.73 Å². The lowest BCUT2D eigenvalue weighted by atomic mass is 10.7. The van der Waals surface area contributed by atoms with E-state index in [0.29, 0.717) is 13.1 Å². The van der Waals surface area contributed by atoms with Gasteiger partial charge in [-0.1, -0.05) is 56.4 Å². The second kappa shape index (κ2) is 295. The van der Waals surface area contributed by atoms with E-state index in [1.54, 1.807) is 0 Å². The lowest BCUT2D eigenvalue weighted by Gasteiger charge is -1.72. The minimum Gasteiger partial charge on any atom is -0.481 e. The zero-order valence-corrected chi connectivity index (χ0v) is 13.9. The Bertz CT molecular complexity index is 61.6. The van der Waals surface area contributed by atoms with Gasteiger partial charge in [0.1, 0.15) is 0 Å². The third kappa shape index (κ3) is 47900. The van der Waals surface area contributed by atoms with E-state index in [-0.39, 0.29) is 14.9 Å². The molecular formula is C14H47N3O3. The zero-order chi connectivity index (χ0) is 17.0. The van der Waals surface area contributed by atoms with Crippen LogP contribution < -0.4 is 17.2 Å². The largest absolute Gasteiger partial charge is 0.481 e. The molecule has 6 nitrogen and oxygen atoms in total. The van der Waals surface area contributed by atoms with E-state index in [1.165, 1.54) is 7.05 Å². The minimum absolute atomic E-state index is 0. The first-order valence-electron chi connectivity index (χ1n) is 6.27. The summed E-state index contributed by atoms with van der Waals surface area (Å²) in [6.07, 6.45) is 0. The Hall–Kier alpha value is -0.690. The average molecular weight is 306 g/mol. The highest BCUT2D eigenvalue weighted by atomic mass is 16.4. The summed E-state index contributed by atoms with van der Waals surface area (Å²) in [6.45, 7) is 14.3. The van der Waals surface area contributed by atoms with E-state index in [1.807, 2.05) is 41.5 Å². The number of rotatable bonds is 1. The van der Waals surface area contributed by atoms with Crippen molar-refractivity contribution in [3.63, 3.8) is 0 Å². The van der Waals surface area contributed by atoms with Crippen molar-refractivity contribution in [2.75, 3.05) is 27.2 Å². The summed E-state index contributed by atoms with van der Waals surface area (Å²) in [5.41, 5.74) is 14.3. The van der Waals surface area contributed by atoms with Crippen LogP contribution in [0.4, 0.5) is 0 Å². The highest BCUT2D eigenvalue weighted by Crippen LogP contribution is 1.42. The van der Waals surface area contributed by atoms with Crippen molar-refractivity contribution in [1.82, 2.24) is 0 Å². The first-order valence-corrected chi connectivity index (χ1v) is 6.27. The van der Waals surface area contributed by atoms with Crippen LogP contribution in [-0.2, 0) is 4.79 Å². The summed E-state index contributed by atoms with van der Waals surface area (Å²) in [5, 5.41) is 14.4. The quantitative estimate of drug-likeness (QED) is 0.505. The third-order valence-corrected chi connectivity index (χ3v) is 0.167. The number of carbonyl (C=O) groups is 1. The Morgan fingerprint density at radius 2 is 0.850 bits per heavy atom. The average Bonchev–Trinajstić information content (AvgIpc) is 2.48. The Balaban J connectivity index is -0.0000000103. The van der Waals surface area contributed by atoms with Crippen molar-refractivity contribution in [2.24, 2.45) is 17.2 Å². The van der Waals surface area contributed by atoms with Gasteiger partial charge in [0.15, 0.2) is 0 Å². The Labute approximate surface area is 129 Å². The smallest absolute Gasteiger partial charge is 0.300 e. The molecule has 0 aliphatic rings. The number of carboxylic acids is 1. The first-order chi connectivity index (χ1) is 8.65. The molecule has 0 spiro atoms. The van der Waals surface area contributed by atoms with Gasteiger partial charge in [-0.05, 0) is 7.05 Å². The monoisotopic (exact) mass is 305 g/mol. The maximum atomic E-state index is 9.00. The van der Waals surface area contributed by atoms with E-state index < -0.39 is 5.97 Å². The molecule has 0 radical (unpaired) electrons. The number of aliphatic hydroxyl groups is 1. The topological polar surface area (TPSA) is 136 Å². The second-order valence-electron chi connectivity index (χ2n) is 1.10. The number of aliphatic carboxylic acids is 1. The molecule has 0 rings (SSSR count). The molecule has 20 heavy (non-hydrogen) atoms. The van der Waals surface area contributed by atoms with Crippen molar-refractivity contribution in [3.8, 4) is 0 Å². The molecule has 0 atom stereocenters. The summed E-state index contributed by atoms with van der Waals surface area (Å²) < 4.78 is 0. The number of nitrogens with two attached hydrogens (primary N) is 3. The second-order valence-corrected chi connectivity index (χ2v) is 1.10. The summed E-state index contributed by atoms with van der Waals surface area (Å²) in [4.78, 5) is 9.00. The number of carboxylic acid groups (broad SMARTS) is 1. The molecule has 0 aliphatic carbocycles. The molecule has 0 heterocycles. The van der Waals surface area contributed by atoms with Crippen LogP contribution >= 0.6 is 0 Å². The highest BCUT2D eigenvalue weighted by Gasteiger charge is 1.65. The molecule has 0 aromatic rings. The molecule has 136 valence electrons. The fourth-order valence-electron chi connectivity index (χ4n) is 0. The van der Waals surface area contributed by atoms with Crippen molar-refractivity contribution in [2.45, 2.75) is 63.3 Å². The fourth-order valence-corrected chi connectivity index (χ4v) is 0. The van der Waals surface area contributed by atoms with Crippen LogP contribution in [0.25, 0.3) is 0 Å². The predicted octanol–water partition coefficient (Wildman–Crippen LogP) is 2.53. The molecule has 0 saturated heterocycles. The molecule has 0 saturated carbocycles. The van der Waals surface area contributed by atoms with Gasteiger partial charge in [-0.3, -0.25) is 4.79 Å². The Morgan fingerprint density at radius 3 is 0.850 bits per heavy atom. The van der Waals surface area contributed by atoms with Crippen molar-refractivity contribution < 1.29 is 15.0 Å². The van der Waals surface area contributed by atoms with Crippen LogP contribution in [0.15, 0.2) is 0 Å². The molecule has 8 N–H and O–H groups in total. The maximum absolute atomic E-state index is 9.00. The molecule has 0 aliphatic heterocycles. The van der Waals surface area contributed by atoms with Crippen molar-refractivity contribution in [1.29, 1.82) is 0 Å². The summed E-state index contributed by atoms with van der Waals surface area (Å²) >= 11 is 0. The number of hydrogen-bond acceptors (Lipinski definition) is 5. The fraction of sp³-hybridized carbons (Fsp3) is 0.929. The van der Waals surface area contributed by atoms with Gasteiger partial charge in [0, 0.05) is 27.1 Å². The Morgan fingerprint density at radius 1 is 0.800 bits per heavy atom. The van der Waals surface area contributed by atoms with Gasteiger partial charge in [0.2, 0.25) is 0 Å². The van der Waals surface area contributed by atoms with Gasteiger partial charge in [-0.2, -0.15) is 0 Å². The maximum Gasteiger partial charge on any atom is 0.300 e. The van der Waals surface area contributed by atoms with Crippen LogP contribution in [0.2, 0.25) is 0 Å². The van der Waals surface area contributed by atoms with E-state index in [0.717, 1.165) is 14.0 Å². The lowest BCUT2D eigenvalue weighted by Crippen LogP contribution is -2.11. The number of hydrogen-bond donors (Lipinski definition) is 5. The van der Waals surface area contributed by atoms with Gasteiger partial charge >= 0.3 is 0 Å². The zero-order valence-electron chi connectivity index (χ0n) is 13.9. The molecule has 0 aromatic carbocycles. The van der Waals surface area contributed by atoms with E-state index in [4.69, 9.17) is 26.5 Å². The minimum atomic E-state index is -0.833. The van der Waals surface area contributed by atoms with Gasteiger partial charge in [-0.15, -0.1) is 0 Å². The van der Waals surface area contributed by atoms with Crippen molar-refractivity contribution >= 4 is 5.97 Å². The van der Waals surface area contributed by atoms with Gasteiger partial charge in [-0.25, -0.2) is 0 Å². The van der Waals surface area contributed by atoms with E-state index >= 15 is 0 Å². The molecule has 0 fully saturated rings. The highest BCUT2D eigenvalue weighted by molar-refractivity contribution is 5.62. The SMILES string of the molecule is C.C.CC.CC.CC.CC(=O)O.CN.CO.NCCN. The normalized spacial score (nSPS) is 4.25. The summed E-state index contributed by atoms with van der Waals surface area (Å²) in [7, 11) is 2.50. The van der Waals surface area contributed by atoms with Gasteiger partial charge in [0.05, 0.1) is 0 Å². The molecule has 6 heteroatoms. The standard InChI is InChI=1S/C2H8N2.C2H4O2.3C2H6.CH5N.CH4O.2CH4/c3-1-2-4;1-2(3)4;5*1-2;;/h1-4H2;1H3,(H,3,4);3*1-2H3;2H2,1H3;2H,1H3;2*1H4. The van der Waals surface area contributed by atoms with Gasteiger partial charge in [0.25, 0.3) is 5.97 Å². The van der Waals surface area contributed by atoms with E-state index in [9.17, 15) is 0 Å². The first kappa shape index (κ1) is 60.9. The predicted molar refractivity (Wildman–Crippen MR) is 97.2 cm³/mol. The number of aliphatic hydroxyl groups excluding tert-OH is 1. The van der Waals surface area contributed by atoms with Crippen LogP contribution in [0.3, 0.4) is 0 Å². The molecule has 0 unspecified atom stereocenters. The molecular weight excluding hydrogens is 258 g/mol. The Kier molecular flexibility index (Phi) is 899. The van der Waals surface area contributed by atoms with Crippen molar-refractivity contribution in [3.05, 3.63) is 0 Å². The van der Waals surface area contributed by atoms with Crippen LogP contribution in [0.5, 0.6) is 0 Å². The van der Waals surface area contributed by atoms with Crippen LogP contribution in [0, 0.1) is 0 Å². The van der Waals surface area contributed by atoms with Crippen LogP contribution in [-0.4, -0.2) is 43.4 Å². The lowest BCUT2D eigenvalue weighted by molar-refractivity contribution is -0.134. The summed E-state index contributed by atoms with van der Waals surface area (Å²) in [6, 6.07) is 0. The molecule has 0 aromatic heterocycles.